The van der Waals surface area contributed by atoms with Gasteiger partial charge in [-0.05, 0) is 106 Å². The zero-order chi connectivity index (χ0) is 35.6. The molecule has 10 rings (SSSR count). The molecule has 0 saturated heterocycles. The van der Waals surface area contributed by atoms with Gasteiger partial charge in [0.25, 0.3) is 0 Å². The van der Waals surface area contributed by atoms with Gasteiger partial charge >= 0.3 is 0 Å². The van der Waals surface area contributed by atoms with Crippen LogP contribution >= 0.6 is 0 Å². The third-order valence-electron chi connectivity index (χ3n) is 11.2. The summed E-state index contributed by atoms with van der Waals surface area (Å²) in [5.41, 5.74) is 8.29. The highest BCUT2D eigenvalue weighted by Crippen LogP contribution is 2.53. The number of hydrogen-bond donors (Lipinski definition) is 0. The molecule has 0 aliphatic heterocycles. The van der Waals surface area contributed by atoms with E-state index in [0.717, 1.165) is 49.0 Å². The zero-order valence-corrected chi connectivity index (χ0v) is 26.4. The average Bonchev–Trinajstić information content (AvgIpc) is 3.17. The second-order valence-electron chi connectivity index (χ2n) is 13.9. The third kappa shape index (κ3) is 3.82. The lowest BCUT2D eigenvalue weighted by Gasteiger charge is -2.44. The van der Waals surface area contributed by atoms with Crippen molar-refractivity contribution in [3.63, 3.8) is 0 Å². The Morgan fingerprint density at radius 3 is 2.17 bits per heavy atom. The van der Waals surface area contributed by atoms with Crippen molar-refractivity contribution in [3.8, 4) is 22.3 Å². The van der Waals surface area contributed by atoms with Crippen molar-refractivity contribution in [2.75, 3.05) is 0 Å². The molecule has 0 heteroatoms. The van der Waals surface area contributed by atoms with E-state index in [1.54, 1.807) is 0 Å². The highest BCUT2D eigenvalue weighted by molar-refractivity contribution is 6.26. The van der Waals surface area contributed by atoms with Gasteiger partial charge in [0, 0.05) is 13.2 Å². The molecular formula is C47H36. The molecule has 0 fully saturated rings. The predicted octanol–water partition coefficient (Wildman–Crippen LogP) is 12.8. The maximum atomic E-state index is 8.83. The van der Waals surface area contributed by atoms with Crippen LogP contribution in [-0.2, 0) is 5.41 Å². The fourth-order valence-electron chi connectivity index (χ4n) is 8.96. The summed E-state index contributed by atoms with van der Waals surface area (Å²) >= 11 is 0. The molecule has 0 amide bonds. The monoisotopic (exact) mass is 605 g/mol. The molecule has 0 bridgehead atoms. The maximum absolute atomic E-state index is 8.83. The molecule has 224 valence electrons. The first kappa shape index (κ1) is 22.3. The summed E-state index contributed by atoms with van der Waals surface area (Å²) in [6.07, 6.45) is 8.06. The average molecular weight is 606 g/mol. The van der Waals surface area contributed by atoms with Crippen LogP contribution in [0.15, 0.2) is 152 Å². The maximum Gasteiger partial charge on any atom is 0.0619 e. The van der Waals surface area contributed by atoms with Crippen LogP contribution in [0, 0.1) is 5.92 Å². The summed E-state index contributed by atoms with van der Waals surface area (Å²) in [6, 6.07) is 36.5. The van der Waals surface area contributed by atoms with Gasteiger partial charge in [0.2, 0.25) is 0 Å². The third-order valence-corrected chi connectivity index (χ3v) is 11.2. The standard InChI is InChI=1S/C47H36/c1-47(2)42-17-7-6-14-37(42)39-16-9-15-38-36(26-27-43(47)46(38)39)33-13-8-12-32(28-33)35-23-19-31-20-24-40-34(29-10-4-3-5-11-29)22-18-30-21-25-41(35)45(31)44(30)40/h3-10,12-29,37,42H,11H2,1-2H3/i3D,4D,5D,10D,11D. The Kier molecular flexibility index (Phi) is 4.71. The molecule has 7 aromatic rings. The van der Waals surface area contributed by atoms with Gasteiger partial charge in [-0.15, -0.1) is 0 Å². The van der Waals surface area contributed by atoms with Gasteiger partial charge in [-0.3, -0.25) is 0 Å². The molecule has 3 aliphatic carbocycles. The lowest BCUT2D eigenvalue weighted by atomic mass is 9.59. The normalized spacial score (nSPS) is 24.9. The lowest BCUT2D eigenvalue weighted by molar-refractivity contribution is 0.345. The largest absolute Gasteiger partial charge is 0.0836 e. The Hall–Kier alpha value is -5.20. The number of rotatable bonds is 3. The number of hydrogen-bond acceptors (Lipinski definition) is 0. The minimum atomic E-state index is -1.11. The smallest absolute Gasteiger partial charge is 0.0619 e. The first-order chi connectivity index (χ1) is 25.1. The van der Waals surface area contributed by atoms with E-state index < -0.39 is 12.3 Å². The number of fused-ring (bicyclic) bond motifs is 2. The van der Waals surface area contributed by atoms with E-state index >= 15 is 0 Å². The molecule has 4 unspecified atom stereocenters. The van der Waals surface area contributed by atoms with Crippen molar-refractivity contribution in [1.82, 2.24) is 0 Å². The molecule has 0 nitrogen and oxygen atoms in total. The molecule has 0 aromatic heterocycles. The molecule has 0 spiro atoms. The molecule has 0 N–H and O–H groups in total. The molecule has 7 aromatic carbocycles. The lowest BCUT2D eigenvalue weighted by Crippen LogP contribution is -2.36. The Morgan fingerprint density at radius 1 is 0.638 bits per heavy atom. The van der Waals surface area contributed by atoms with Gasteiger partial charge in [-0.25, -0.2) is 0 Å². The van der Waals surface area contributed by atoms with Crippen molar-refractivity contribution in [2.24, 2.45) is 5.92 Å². The Morgan fingerprint density at radius 2 is 1.32 bits per heavy atom. The quantitative estimate of drug-likeness (QED) is 0.176. The van der Waals surface area contributed by atoms with E-state index in [1.807, 2.05) is 12.1 Å². The molecule has 4 atom stereocenters. The number of benzene rings is 7. The van der Waals surface area contributed by atoms with Gasteiger partial charge in [0.15, 0.2) is 0 Å². The van der Waals surface area contributed by atoms with Crippen molar-refractivity contribution < 1.29 is 6.85 Å². The summed E-state index contributed by atoms with van der Waals surface area (Å²) in [5.74, 6) is 0.00751. The van der Waals surface area contributed by atoms with Gasteiger partial charge in [-0.2, -0.15) is 0 Å². The fourth-order valence-corrected chi connectivity index (χ4v) is 8.96. The summed E-state index contributed by atoms with van der Waals surface area (Å²) in [6.45, 7) is 4.78. The van der Waals surface area contributed by atoms with Gasteiger partial charge in [0.1, 0.15) is 0 Å². The Balaban J connectivity index is 1.14. The summed E-state index contributed by atoms with van der Waals surface area (Å²) in [5, 5.41) is 9.14. The van der Waals surface area contributed by atoms with Gasteiger partial charge in [0.05, 0.1) is 5.48 Å². The van der Waals surface area contributed by atoms with Crippen LogP contribution in [0.5, 0.6) is 0 Å². The van der Waals surface area contributed by atoms with Crippen molar-refractivity contribution >= 4 is 43.1 Å². The van der Waals surface area contributed by atoms with Gasteiger partial charge < -0.3 is 0 Å². The van der Waals surface area contributed by atoms with E-state index in [2.05, 4.69) is 129 Å². The van der Waals surface area contributed by atoms with Crippen LogP contribution in [0.4, 0.5) is 0 Å². The number of allylic oxidation sites excluding steroid dienone is 8. The summed E-state index contributed by atoms with van der Waals surface area (Å²) in [4.78, 5) is 0. The first-order valence-electron chi connectivity index (χ1n) is 19.2. The van der Waals surface area contributed by atoms with E-state index in [4.69, 9.17) is 6.85 Å². The zero-order valence-electron chi connectivity index (χ0n) is 31.4. The molecule has 47 heavy (non-hydrogen) atoms. The second-order valence-corrected chi connectivity index (χ2v) is 13.9. The van der Waals surface area contributed by atoms with Crippen molar-refractivity contribution in [1.29, 1.82) is 0 Å². The SMILES string of the molecule is [2H]C1=C([2H])C([2H])C(c2ccc3ccc4c(-c5cccc(-c6ccc7c8c(cccc68)C6C=CC=CC6C7(C)C)c5)ccc5ccc2c3c54)C([2H])=C1[2H]. The predicted molar refractivity (Wildman–Crippen MR) is 202 cm³/mol. The van der Waals surface area contributed by atoms with Crippen LogP contribution in [-0.4, -0.2) is 0 Å². The highest BCUT2D eigenvalue weighted by atomic mass is 14.4. The summed E-state index contributed by atoms with van der Waals surface area (Å²) in [7, 11) is 0. The van der Waals surface area contributed by atoms with E-state index in [9.17, 15) is 0 Å². The van der Waals surface area contributed by atoms with E-state index in [0.29, 0.717) is 11.8 Å². The first-order valence-corrected chi connectivity index (χ1v) is 16.6. The van der Waals surface area contributed by atoms with E-state index in [1.165, 1.54) is 33.0 Å². The van der Waals surface area contributed by atoms with E-state index in [-0.39, 0.29) is 29.6 Å². The fraction of sp³-hybridized carbons (Fsp3) is 0.149. The minimum absolute atomic E-state index is 0.00579. The molecule has 3 aliphatic rings. The van der Waals surface area contributed by atoms with Crippen molar-refractivity contribution in [3.05, 3.63) is 168 Å². The van der Waals surface area contributed by atoms with Crippen molar-refractivity contribution in [2.45, 2.75) is 37.5 Å². The van der Waals surface area contributed by atoms with Gasteiger partial charge in [-0.1, -0.05) is 159 Å². The van der Waals surface area contributed by atoms with Crippen LogP contribution in [0.1, 0.15) is 55.6 Å². The molecule has 0 saturated carbocycles. The second kappa shape index (κ2) is 9.90. The topological polar surface area (TPSA) is 0 Å². The highest BCUT2D eigenvalue weighted by Gasteiger charge is 2.41. The molecular weight excluding hydrogens is 565 g/mol. The minimum Gasteiger partial charge on any atom is -0.0836 e. The molecule has 0 heterocycles. The summed E-state index contributed by atoms with van der Waals surface area (Å²) < 4.78 is 42.5. The van der Waals surface area contributed by atoms with Crippen LogP contribution in [0.3, 0.4) is 0 Å². The Labute approximate surface area is 283 Å². The van der Waals surface area contributed by atoms with Crippen LogP contribution in [0.25, 0.3) is 65.3 Å². The van der Waals surface area contributed by atoms with Crippen LogP contribution < -0.4 is 0 Å². The molecule has 0 radical (unpaired) electrons. The van der Waals surface area contributed by atoms with Crippen LogP contribution in [0.2, 0.25) is 0 Å². The Bertz CT molecular complexity index is 2800.